The highest BCUT2D eigenvalue weighted by Crippen LogP contribution is 2.49. The van der Waals surface area contributed by atoms with Crippen molar-refractivity contribution in [1.82, 2.24) is 19.5 Å². The van der Waals surface area contributed by atoms with Gasteiger partial charge in [-0.3, -0.25) is 19.1 Å². The van der Waals surface area contributed by atoms with Gasteiger partial charge in [0.05, 0.1) is 40.4 Å². The Balaban J connectivity index is 1.34. The molecule has 2 aromatic heterocycles. The minimum atomic E-state index is -3.77. The summed E-state index contributed by atoms with van der Waals surface area (Å²) in [6.07, 6.45) is 1.08. The number of benzene rings is 2. The number of hydrogen-bond acceptors (Lipinski definition) is 12. The lowest BCUT2D eigenvalue weighted by Gasteiger charge is -2.19. The molecule has 0 aliphatic heterocycles. The first kappa shape index (κ1) is 31.5. The van der Waals surface area contributed by atoms with E-state index in [1.54, 1.807) is 47.0 Å². The number of nitrogens with one attached hydrogen (secondary N) is 1. The summed E-state index contributed by atoms with van der Waals surface area (Å²) in [6, 6.07) is 11.8. The summed E-state index contributed by atoms with van der Waals surface area (Å²) in [5, 5.41) is 0.292. The van der Waals surface area contributed by atoms with E-state index in [0.717, 1.165) is 11.8 Å². The molecule has 16 heteroatoms. The maximum Gasteiger partial charge on any atom is 0.356 e. The molecular formula is C26H29ClN5O8PS. The fourth-order valence-corrected chi connectivity index (χ4v) is 6.02. The highest BCUT2D eigenvalue weighted by molar-refractivity contribution is 8.14. The molecule has 1 unspecified atom stereocenters. The number of anilines is 1. The molecule has 0 spiro atoms. The molecule has 0 aliphatic carbocycles. The van der Waals surface area contributed by atoms with Crippen molar-refractivity contribution in [2.75, 3.05) is 45.3 Å². The highest BCUT2D eigenvalue weighted by atomic mass is 35.5. The predicted molar refractivity (Wildman–Crippen MR) is 160 cm³/mol. The number of imidazole rings is 1. The maximum atomic E-state index is 13.6. The molecule has 0 amide bonds. The number of H-pyrrole nitrogens is 1. The molecule has 4 rings (SSSR count). The van der Waals surface area contributed by atoms with Gasteiger partial charge in [0.1, 0.15) is 6.35 Å². The maximum absolute atomic E-state index is 13.6. The first-order valence-electron chi connectivity index (χ1n) is 12.5. The summed E-state index contributed by atoms with van der Waals surface area (Å²) in [5.74, 6) is 1.12. The number of aromatic nitrogens is 4. The van der Waals surface area contributed by atoms with E-state index >= 15 is 0 Å². The Morgan fingerprint density at radius 2 is 1.93 bits per heavy atom. The van der Waals surface area contributed by atoms with Gasteiger partial charge in [-0.1, -0.05) is 35.5 Å². The van der Waals surface area contributed by atoms with Gasteiger partial charge < -0.3 is 33.6 Å². The Hall–Kier alpha value is -3.39. The van der Waals surface area contributed by atoms with Crippen LogP contribution in [0.2, 0.25) is 5.02 Å². The van der Waals surface area contributed by atoms with E-state index in [2.05, 4.69) is 15.0 Å². The number of rotatable bonds is 15. The highest BCUT2D eigenvalue weighted by Gasteiger charge is 2.26. The number of methoxy groups -OCH3 is 2. The summed E-state index contributed by atoms with van der Waals surface area (Å²) in [6.45, 7) is 0.256. The molecule has 1 atom stereocenters. The summed E-state index contributed by atoms with van der Waals surface area (Å²) < 4.78 is 42.6. The second-order valence-electron chi connectivity index (χ2n) is 8.65. The van der Waals surface area contributed by atoms with Crippen LogP contribution in [-0.2, 0) is 31.5 Å². The molecule has 42 heavy (non-hydrogen) atoms. The number of halogens is 1. The molecule has 0 fully saturated rings. The Bertz CT molecular complexity index is 1650. The van der Waals surface area contributed by atoms with Crippen LogP contribution < -0.4 is 20.8 Å². The van der Waals surface area contributed by atoms with Crippen LogP contribution in [0, 0.1) is 0 Å². The molecule has 0 aliphatic rings. The molecule has 0 bridgehead atoms. The first-order valence-corrected chi connectivity index (χ1v) is 15.6. The van der Waals surface area contributed by atoms with Gasteiger partial charge in [0.2, 0.25) is 11.1 Å². The van der Waals surface area contributed by atoms with Crippen LogP contribution in [0.3, 0.4) is 0 Å². The third kappa shape index (κ3) is 8.34. The number of thioether (sulfide) groups is 1. The molecule has 0 saturated carbocycles. The smallest absolute Gasteiger partial charge is 0.356 e. The number of nitrogens with zero attached hydrogens (tertiary/aromatic N) is 3. The molecule has 2 heterocycles. The zero-order chi connectivity index (χ0) is 30.1. The standard InChI is InChI=1S/C26H29ClN5O8PS/c1-36-20-7-6-18(13-21(20)37-2)25(34)42-11-10-39-41(35,40-14-17-4-3-5-19(27)12-17)16-38-9-8-32-15-29-22-23(32)30-26(28)31-24(22)33/h3-7,12-13,15H,8-11,14,16H2,1-2H3,(H3,28,30,31,33). The molecule has 4 aromatic rings. The number of nitrogens with two attached hydrogens (primary N) is 1. The summed E-state index contributed by atoms with van der Waals surface area (Å²) >= 11 is 7.05. The average molecular weight is 638 g/mol. The van der Waals surface area contributed by atoms with Crippen molar-refractivity contribution >= 4 is 53.2 Å². The van der Waals surface area contributed by atoms with Crippen LogP contribution in [-0.4, -0.2) is 64.2 Å². The van der Waals surface area contributed by atoms with Crippen LogP contribution in [0.5, 0.6) is 11.5 Å². The number of hydrogen-bond donors (Lipinski definition) is 2. The van der Waals surface area contributed by atoms with Gasteiger partial charge in [-0.25, -0.2) is 4.98 Å². The van der Waals surface area contributed by atoms with Gasteiger partial charge in [0.15, 0.2) is 22.7 Å². The largest absolute Gasteiger partial charge is 0.493 e. The van der Waals surface area contributed by atoms with E-state index in [-0.39, 0.29) is 55.0 Å². The van der Waals surface area contributed by atoms with E-state index in [1.807, 2.05) is 0 Å². The number of fused-ring (bicyclic) bond motifs is 1. The van der Waals surface area contributed by atoms with Crippen LogP contribution in [0.25, 0.3) is 11.2 Å². The van der Waals surface area contributed by atoms with E-state index in [1.165, 1.54) is 20.5 Å². The lowest BCUT2D eigenvalue weighted by atomic mass is 10.2. The Kier molecular flexibility index (Phi) is 11.0. The molecule has 0 saturated heterocycles. The molecule has 224 valence electrons. The number of ether oxygens (including phenoxy) is 3. The number of nitrogen functional groups attached to an aromatic ring is 1. The number of aromatic amines is 1. The number of carbonyl (C=O) groups excluding carboxylic acids is 1. The third-order valence-corrected chi connectivity index (χ3v) is 8.46. The second kappa shape index (κ2) is 14.7. The third-order valence-electron chi connectivity index (χ3n) is 5.76. The lowest BCUT2D eigenvalue weighted by molar-refractivity contribution is 0.108. The minimum Gasteiger partial charge on any atom is -0.493 e. The van der Waals surface area contributed by atoms with Crippen molar-refractivity contribution < 1.29 is 32.6 Å². The first-order chi connectivity index (χ1) is 20.2. The van der Waals surface area contributed by atoms with Crippen LogP contribution >= 0.6 is 31.0 Å². The van der Waals surface area contributed by atoms with Gasteiger partial charge >= 0.3 is 7.60 Å². The number of carbonyl (C=O) groups is 1. The fraction of sp³-hybridized carbons (Fsp3) is 0.308. The molecular weight excluding hydrogens is 609 g/mol. The quantitative estimate of drug-likeness (QED) is 0.140. The van der Waals surface area contributed by atoms with Crippen molar-refractivity contribution in [1.29, 1.82) is 0 Å². The Morgan fingerprint density at radius 1 is 1.12 bits per heavy atom. The SMILES string of the molecule is COc1ccc(C(=O)SCCOP(=O)(COCCn2cnc3c(=O)[nH]c(N)nc32)OCc2cccc(Cl)c2)cc1OC. The zero-order valence-corrected chi connectivity index (χ0v) is 25.2. The lowest BCUT2D eigenvalue weighted by Crippen LogP contribution is -2.13. The van der Waals surface area contributed by atoms with Crippen molar-refractivity contribution in [3.05, 3.63) is 75.3 Å². The van der Waals surface area contributed by atoms with E-state index < -0.39 is 13.2 Å². The van der Waals surface area contributed by atoms with Crippen molar-refractivity contribution in [2.24, 2.45) is 0 Å². The zero-order valence-electron chi connectivity index (χ0n) is 22.8. The summed E-state index contributed by atoms with van der Waals surface area (Å²) in [7, 11) is -0.769. The topological polar surface area (TPSA) is 170 Å². The van der Waals surface area contributed by atoms with Crippen LogP contribution in [0.15, 0.2) is 53.6 Å². The molecule has 0 radical (unpaired) electrons. The van der Waals surface area contributed by atoms with Crippen LogP contribution in [0.1, 0.15) is 15.9 Å². The Morgan fingerprint density at radius 3 is 2.69 bits per heavy atom. The van der Waals surface area contributed by atoms with Gasteiger partial charge in [-0.2, -0.15) is 4.98 Å². The Labute approximate surface area is 250 Å². The minimum absolute atomic E-state index is 0.0307. The van der Waals surface area contributed by atoms with Gasteiger partial charge in [-0.05, 0) is 35.9 Å². The van der Waals surface area contributed by atoms with E-state index in [0.29, 0.717) is 33.3 Å². The van der Waals surface area contributed by atoms with E-state index in [9.17, 15) is 14.2 Å². The predicted octanol–water partition coefficient (Wildman–Crippen LogP) is 4.35. The van der Waals surface area contributed by atoms with Crippen LogP contribution in [0.4, 0.5) is 5.95 Å². The van der Waals surface area contributed by atoms with Gasteiger partial charge in [0, 0.05) is 22.9 Å². The fourth-order valence-electron chi connectivity index (χ4n) is 3.74. The van der Waals surface area contributed by atoms with Crippen molar-refractivity contribution in [3.63, 3.8) is 0 Å². The van der Waals surface area contributed by atoms with Crippen molar-refractivity contribution in [2.45, 2.75) is 13.2 Å². The second-order valence-corrected chi connectivity index (χ2v) is 12.2. The normalized spacial score (nSPS) is 12.7. The average Bonchev–Trinajstić information content (AvgIpc) is 3.39. The van der Waals surface area contributed by atoms with Gasteiger partial charge in [0.25, 0.3) is 5.56 Å². The summed E-state index contributed by atoms with van der Waals surface area (Å²) in [5.41, 5.74) is 6.75. The molecule has 3 N–H and O–H groups in total. The summed E-state index contributed by atoms with van der Waals surface area (Å²) in [4.78, 5) is 35.2. The molecule has 2 aromatic carbocycles. The monoisotopic (exact) mass is 637 g/mol. The van der Waals surface area contributed by atoms with E-state index in [4.69, 9.17) is 40.6 Å². The van der Waals surface area contributed by atoms with Gasteiger partial charge in [-0.15, -0.1) is 0 Å². The van der Waals surface area contributed by atoms with Crippen molar-refractivity contribution in [3.8, 4) is 11.5 Å². The molecule has 13 nitrogen and oxygen atoms in total.